The van der Waals surface area contributed by atoms with Crippen molar-refractivity contribution in [1.82, 2.24) is 5.16 Å². The van der Waals surface area contributed by atoms with Gasteiger partial charge in [0.25, 0.3) is 0 Å². The quantitative estimate of drug-likeness (QED) is 0.496. The first-order valence-corrected chi connectivity index (χ1v) is 2.13. The van der Waals surface area contributed by atoms with E-state index in [2.05, 4.69) is 9.68 Å². The van der Waals surface area contributed by atoms with E-state index in [0.717, 1.165) is 6.26 Å². The van der Waals surface area contributed by atoms with E-state index in [-0.39, 0.29) is 11.3 Å². The smallest absolute Gasteiger partial charge is 0.201 e. The zero-order chi connectivity index (χ0) is 6.69. The molecule has 9 heavy (non-hydrogen) atoms. The third-order valence-corrected chi connectivity index (χ3v) is 0.796. The van der Waals surface area contributed by atoms with E-state index >= 15 is 0 Å². The number of hydrogen-bond donors (Lipinski definition) is 0. The molecule has 4 heteroatoms. The summed E-state index contributed by atoms with van der Waals surface area (Å²) in [5.74, 6) is 0. The van der Waals surface area contributed by atoms with Gasteiger partial charge >= 0.3 is 0 Å². The van der Waals surface area contributed by atoms with Crippen LogP contribution in [0.15, 0.2) is 10.8 Å². The average molecular weight is 119 g/mol. The Kier molecular flexibility index (Phi) is 1.17. The van der Waals surface area contributed by atoms with Gasteiger partial charge in [-0.15, -0.1) is 0 Å². The molecule has 0 radical (unpaired) electrons. The summed E-state index contributed by atoms with van der Waals surface area (Å²) in [5.41, 5.74) is 0.218. The van der Waals surface area contributed by atoms with Gasteiger partial charge in [0, 0.05) is 0 Å². The van der Waals surface area contributed by atoms with Crippen LogP contribution < -0.4 is 0 Å². The Labute approximate surface area is 50.9 Å². The fourth-order valence-corrected chi connectivity index (χ4v) is 0.397. The van der Waals surface area contributed by atoms with E-state index in [9.17, 15) is 0 Å². The molecule has 0 bridgehead atoms. The van der Waals surface area contributed by atoms with Crippen molar-refractivity contribution in [3.63, 3.8) is 0 Å². The Morgan fingerprint density at radius 1 is 1.44 bits per heavy atom. The van der Waals surface area contributed by atoms with Crippen molar-refractivity contribution in [3.05, 3.63) is 17.5 Å². The fourth-order valence-electron chi connectivity index (χ4n) is 0.397. The molecule has 4 nitrogen and oxygen atoms in total. The van der Waals surface area contributed by atoms with E-state index < -0.39 is 0 Å². The summed E-state index contributed by atoms with van der Waals surface area (Å²) in [7, 11) is 0. The van der Waals surface area contributed by atoms with Crippen molar-refractivity contribution in [2.75, 3.05) is 0 Å². The summed E-state index contributed by atoms with van der Waals surface area (Å²) >= 11 is 0. The third-order valence-electron chi connectivity index (χ3n) is 0.796. The van der Waals surface area contributed by atoms with Crippen LogP contribution in [0.5, 0.6) is 0 Å². The first kappa shape index (κ1) is 5.33. The molecule has 0 amide bonds. The molecular formula is C5HN3O. The lowest BCUT2D eigenvalue weighted by Gasteiger charge is -1.68. The van der Waals surface area contributed by atoms with E-state index in [1.165, 1.54) is 0 Å². The van der Waals surface area contributed by atoms with Crippen molar-refractivity contribution in [2.24, 2.45) is 0 Å². The van der Waals surface area contributed by atoms with Gasteiger partial charge in [0.1, 0.15) is 24.0 Å². The third kappa shape index (κ3) is 0.731. The molecule has 0 unspecified atom stereocenters. The predicted octanol–water partition coefficient (Wildman–Crippen LogP) is 0.418. The van der Waals surface area contributed by atoms with Gasteiger partial charge in [-0.3, -0.25) is 0 Å². The second-order valence-corrected chi connectivity index (χ2v) is 1.30. The van der Waals surface area contributed by atoms with Crippen molar-refractivity contribution < 1.29 is 4.52 Å². The second kappa shape index (κ2) is 1.97. The lowest BCUT2D eigenvalue weighted by molar-refractivity contribution is 0.417. The number of hydrogen-bond acceptors (Lipinski definition) is 4. The zero-order valence-corrected chi connectivity index (χ0v) is 4.33. The van der Waals surface area contributed by atoms with Gasteiger partial charge in [0.05, 0.1) is 0 Å². The van der Waals surface area contributed by atoms with Crippen molar-refractivity contribution in [3.8, 4) is 12.1 Å². The van der Waals surface area contributed by atoms with Crippen molar-refractivity contribution >= 4 is 0 Å². The first-order chi connectivity index (χ1) is 4.38. The van der Waals surface area contributed by atoms with Crippen LogP contribution in [0, 0.1) is 22.7 Å². The number of nitrogens with zero attached hydrogens (tertiary/aromatic N) is 3. The number of nitriles is 2. The molecule has 0 aromatic carbocycles. The maximum atomic E-state index is 8.24. The maximum absolute atomic E-state index is 8.24. The minimum Gasteiger partial charge on any atom is -0.362 e. The molecule has 0 N–H and O–H groups in total. The summed E-state index contributed by atoms with van der Waals surface area (Å²) < 4.78 is 4.33. The van der Waals surface area contributed by atoms with Crippen LogP contribution in [0.4, 0.5) is 0 Å². The largest absolute Gasteiger partial charge is 0.362 e. The van der Waals surface area contributed by atoms with E-state index in [1.54, 1.807) is 12.1 Å². The predicted molar refractivity (Wildman–Crippen MR) is 25.9 cm³/mol. The molecule has 42 valence electrons. The maximum Gasteiger partial charge on any atom is 0.201 e. The van der Waals surface area contributed by atoms with Gasteiger partial charge in [-0.2, -0.15) is 10.5 Å². The van der Waals surface area contributed by atoms with Crippen molar-refractivity contribution in [1.29, 1.82) is 10.5 Å². The first-order valence-electron chi connectivity index (χ1n) is 2.13. The summed E-state index contributed by atoms with van der Waals surface area (Å²) in [6.45, 7) is 0. The lowest BCUT2D eigenvalue weighted by atomic mass is 10.3. The molecule has 0 atom stereocenters. The zero-order valence-electron chi connectivity index (χ0n) is 4.33. The Balaban J connectivity index is 3.22. The standard InChI is InChI=1S/C5HN3O/c6-1-4-3-9-8-5(4)2-7/h3H. The van der Waals surface area contributed by atoms with Crippen molar-refractivity contribution in [2.45, 2.75) is 0 Å². The molecule has 0 fully saturated rings. The van der Waals surface area contributed by atoms with Crippen LogP contribution in [-0.2, 0) is 0 Å². The molecular weight excluding hydrogens is 118 g/mol. The minimum atomic E-state index is 0.0394. The van der Waals surface area contributed by atoms with E-state index in [1.807, 2.05) is 0 Å². The molecule has 0 aliphatic carbocycles. The van der Waals surface area contributed by atoms with Gasteiger partial charge in [0.15, 0.2) is 0 Å². The van der Waals surface area contributed by atoms with E-state index in [4.69, 9.17) is 10.5 Å². The van der Waals surface area contributed by atoms with Crippen LogP contribution in [0.25, 0.3) is 0 Å². The highest BCUT2D eigenvalue weighted by atomic mass is 16.5. The second-order valence-electron chi connectivity index (χ2n) is 1.30. The Morgan fingerprint density at radius 3 is 2.67 bits per heavy atom. The van der Waals surface area contributed by atoms with E-state index in [0.29, 0.717) is 0 Å². The molecule has 1 aromatic heterocycles. The fraction of sp³-hybridized carbons (Fsp3) is 0. The number of rotatable bonds is 0. The SMILES string of the molecule is N#Cc1conc1C#N. The van der Waals surface area contributed by atoms with Crippen LogP contribution in [0.2, 0.25) is 0 Å². The molecule has 0 saturated carbocycles. The lowest BCUT2D eigenvalue weighted by Crippen LogP contribution is -1.75. The molecule has 1 aromatic rings. The van der Waals surface area contributed by atoms with Gasteiger partial charge < -0.3 is 4.52 Å². The summed E-state index contributed by atoms with van der Waals surface area (Å²) in [4.78, 5) is 0. The van der Waals surface area contributed by atoms with Gasteiger partial charge in [0.2, 0.25) is 5.69 Å². The van der Waals surface area contributed by atoms with Gasteiger partial charge in [-0.25, -0.2) is 0 Å². The molecule has 0 aliphatic rings. The van der Waals surface area contributed by atoms with Crippen LogP contribution in [0.3, 0.4) is 0 Å². The molecule has 1 rings (SSSR count). The molecule has 0 saturated heterocycles. The number of aromatic nitrogens is 1. The Morgan fingerprint density at radius 2 is 2.22 bits per heavy atom. The van der Waals surface area contributed by atoms with Crippen LogP contribution in [0.1, 0.15) is 11.3 Å². The average Bonchev–Trinajstić information content (AvgIpc) is 2.33. The van der Waals surface area contributed by atoms with Crippen LogP contribution >= 0.6 is 0 Å². The Bertz CT molecular complexity index is 259. The highest BCUT2D eigenvalue weighted by molar-refractivity contribution is 5.37. The molecule has 0 spiro atoms. The normalized spacial score (nSPS) is 7.78. The van der Waals surface area contributed by atoms with Gasteiger partial charge in [-0.1, -0.05) is 5.16 Å². The monoisotopic (exact) mass is 119 g/mol. The molecule has 0 aliphatic heterocycles. The summed E-state index contributed by atoms with van der Waals surface area (Å²) in [6.07, 6.45) is 1.14. The molecule has 1 heterocycles. The minimum absolute atomic E-state index is 0.0394. The van der Waals surface area contributed by atoms with Gasteiger partial charge in [-0.05, 0) is 0 Å². The highest BCUT2D eigenvalue weighted by Gasteiger charge is 2.03. The topological polar surface area (TPSA) is 73.6 Å². The summed E-state index contributed by atoms with van der Waals surface area (Å²) in [5, 5.41) is 19.7. The highest BCUT2D eigenvalue weighted by Crippen LogP contribution is 2.00. The summed E-state index contributed by atoms with van der Waals surface area (Å²) in [6, 6.07) is 3.45. The Hall–Kier alpha value is -1.81. The van der Waals surface area contributed by atoms with Crippen LogP contribution in [-0.4, -0.2) is 5.16 Å².